The molecule has 0 unspecified atom stereocenters. The zero-order valence-corrected chi connectivity index (χ0v) is 12.9. The summed E-state index contributed by atoms with van der Waals surface area (Å²) in [6, 6.07) is 18.0. The van der Waals surface area contributed by atoms with Crippen LogP contribution in [0.4, 0.5) is 0 Å². The average molecular weight is 302 g/mol. The Kier molecular flexibility index (Phi) is 8.98. The first-order chi connectivity index (χ1) is 10.0. The van der Waals surface area contributed by atoms with Gasteiger partial charge >= 0.3 is 5.97 Å². The summed E-state index contributed by atoms with van der Waals surface area (Å²) in [5, 5.41) is 7.89. The largest absolute Gasteiger partial charge is 0.478 e. The Morgan fingerprint density at radius 2 is 1.59 bits per heavy atom. The van der Waals surface area contributed by atoms with Crippen molar-refractivity contribution in [3.05, 3.63) is 72.3 Å². The maximum absolute atomic E-state index is 9.60. The molecule has 0 aromatic heterocycles. The van der Waals surface area contributed by atoms with E-state index in [1.807, 2.05) is 48.5 Å². The number of para-hydroxylation sites is 2. The van der Waals surface area contributed by atoms with Gasteiger partial charge in [0.1, 0.15) is 11.5 Å². The van der Waals surface area contributed by atoms with Crippen LogP contribution in [-0.2, 0) is 11.2 Å². The Labute approximate surface area is 131 Å². The normalized spacial score (nSPS) is 8.82. The summed E-state index contributed by atoms with van der Waals surface area (Å²) in [6.45, 7) is 6.73. The lowest BCUT2D eigenvalue weighted by Crippen LogP contribution is -1.92. The Morgan fingerprint density at radius 3 is 2.09 bits per heavy atom. The van der Waals surface area contributed by atoms with E-state index in [1.165, 1.54) is 12.5 Å². The molecule has 0 aliphatic heterocycles. The van der Waals surface area contributed by atoms with Crippen LogP contribution in [0.1, 0.15) is 19.4 Å². The molecule has 0 aliphatic rings. The molecule has 0 atom stereocenters. The second-order valence-corrected chi connectivity index (χ2v) is 4.46. The quantitative estimate of drug-likeness (QED) is 0.871. The lowest BCUT2D eigenvalue weighted by molar-refractivity contribution is -0.132. The smallest absolute Gasteiger partial charge is 0.330 e. The zero-order chi connectivity index (χ0) is 15.7. The Morgan fingerprint density at radius 1 is 1.09 bits per heavy atom. The van der Waals surface area contributed by atoms with E-state index in [1.54, 1.807) is 0 Å². The van der Waals surface area contributed by atoms with Gasteiger partial charge in [-0.1, -0.05) is 49.9 Å². The third kappa shape index (κ3) is 6.72. The minimum Gasteiger partial charge on any atom is -0.478 e. The number of aryl methyl sites for hydroxylation is 1. The lowest BCUT2D eigenvalue weighted by atomic mass is 10.1. The highest BCUT2D eigenvalue weighted by molar-refractivity contribution is 5.84. The highest BCUT2D eigenvalue weighted by Gasteiger charge is 2.01. The SMILES string of the molecule is C=C(C)C(=O)O.CCc1ccccc1Oc1ccccc1.O. The summed E-state index contributed by atoms with van der Waals surface area (Å²) in [6.07, 6.45) is 0.989. The van der Waals surface area contributed by atoms with Gasteiger partial charge < -0.3 is 15.3 Å². The molecule has 0 radical (unpaired) electrons. The summed E-state index contributed by atoms with van der Waals surface area (Å²) >= 11 is 0. The number of rotatable bonds is 4. The Bertz CT molecular complexity index is 579. The molecule has 2 aromatic carbocycles. The molecule has 0 saturated carbocycles. The van der Waals surface area contributed by atoms with Gasteiger partial charge in [-0.3, -0.25) is 0 Å². The van der Waals surface area contributed by atoms with E-state index in [0.29, 0.717) is 0 Å². The molecule has 0 bridgehead atoms. The highest BCUT2D eigenvalue weighted by atomic mass is 16.5. The molecule has 0 saturated heterocycles. The fourth-order valence-electron chi connectivity index (χ4n) is 1.51. The topological polar surface area (TPSA) is 78.0 Å². The van der Waals surface area contributed by atoms with Gasteiger partial charge in [0.15, 0.2) is 0 Å². The summed E-state index contributed by atoms with van der Waals surface area (Å²) in [4.78, 5) is 9.60. The van der Waals surface area contributed by atoms with Crippen molar-refractivity contribution in [1.82, 2.24) is 0 Å². The van der Waals surface area contributed by atoms with Crippen LogP contribution in [-0.4, -0.2) is 16.6 Å². The molecule has 3 N–H and O–H groups in total. The van der Waals surface area contributed by atoms with Crippen LogP contribution in [0.2, 0.25) is 0 Å². The van der Waals surface area contributed by atoms with Gasteiger partial charge in [0, 0.05) is 5.57 Å². The molecule has 0 heterocycles. The minimum absolute atomic E-state index is 0. The van der Waals surface area contributed by atoms with E-state index in [9.17, 15) is 4.79 Å². The monoisotopic (exact) mass is 302 g/mol. The fourth-order valence-corrected chi connectivity index (χ4v) is 1.51. The summed E-state index contributed by atoms with van der Waals surface area (Å²) in [7, 11) is 0. The van der Waals surface area contributed by atoms with Crippen molar-refractivity contribution in [3.8, 4) is 11.5 Å². The molecular formula is C18H22O4. The third-order valence-electron chi connectivity index (χ3n) is 2.69. The number of carboxylic acids is 1. The molecule has 2 rings (SSSR count). The van der Waals surface area contributed by atoms with Crippen molar-refractivity contribution >= 4 is 5.97 Å². The first kappa shape index (κ1) is 19.4. The maximum Gasteiger partial charge on any atom is 0.330 e. The number of ether oxygens (including phenoxy) is 1. The van der Waals surface area contributed by atoms with Crippen LogP contribution in [0.3, 0.4) is 0 Å². The number of benzene rings is 2. The van der Waals surface area contributed by atoms with Gasteiger partial charge in [0.2, 0.25) is 0 Å². The standard InChI is InChI=1S/C14H14O.C4H6O2.H2O/c1-2-12-8-6-7-11-14(12)15-13-9-4-3-5-10-13;1-3(2)4(5)6;/h3-11H,2H2,1H3;1H2,2H3,(H,5,6);1H2. The van der Waals surface area contributed by atoms with Crippen molar-refractivity contribution in [2.24, 2.45) is 0 Å². The van der Waals surface area contributed by atoms with E-state index >= 15 is 0 Å². The number of hydrogen-bond donors (Lipinski definition) is 1. The number of carboxylic acid groups (broad SMARTS) is 1. The third-order valence-corrected chi connectivity index (χ3v) is 2.69. The van der Waals surface area contributed by atoms with Crippen LogP contribution in [0.15, 0.2) is 66.7 Å². The van der Waals surface area contributed by atoms with Crippen LogP contribution >= 0.6 is 0 Å². The Balaban J connectivity index is 0.000000546. The van der Waals surface area contributed by atoms with Crippen molar-refractivity contribution in [3.63, 3.8) is 0 Å². The number of aliphatic carboxylic acids is 1. The van der Waals surface area contributed by atoms with E-state index in [4.69, 9.17) is 9.84 Å². The van der Waals surface area contributed by atoms with Crippen molar-refractivity contribution in [2.75, 3.05) is 0 Å². The van der Waals surface area contributed by atoms with Crippen LogP contribution in [0, 0.1) is 0 Å². The Hall–Kier alpha value is -2.59. The highest BCUT2D eigenvalue weighted by Crippen LogP contribution is 2.24. The van der Waals surface area contributed by atoms with E-state index in [0.717, 1.165) is 17.9 Å². The van der Waals surface area contributed by atoms with E-state index < -0.39 is 5.97 Å². The summed E-state index contributed by atoms with van der Waals surface area (Å²) in [5.41, 5.74) is 1.41. The van der Waals surface area contributed by atoms with Gasteiger partial charge in [-0.05, 0) is 37.1 Å². The van der Waals surface area contributed by atoms with Gasteiger partial charge in [-0.15, -0.1) is 0 Å². The molecule has 118 valence electrons. The van der Waals surface area contributed by atoms with Crippen molar-refractivity contribution in [2.45, 2.75) is 20.3 Å². The number of hydrogen-bond acceptors (Lipinski definition) is 2. The molecule has 2 aromatic rings. The summed E-state index contributed by atoms with van der Waals surface area (Å²) < 4.78 is 5.80. The van der Waals surface area contributed by atoms with E-state index in [2.05, 4.69) is 19.6 Å². The maximum atomic E-state index is 9.60. The van der Waals surface area contributed by atoms with Crippen LogP contribution in [0.25, 0.3) is 0 Å². The molecule has 0 amide bonds. The second-order valence-electron chi connectivity index (χ2n) is 4.46. The fraction of sp³-hybridized carbons (Fsp3) is 0.167. The van der Waals surface area contributed by atoms with Gasteiger partial charge in [0.05, 0.1) is 0 Å². The first-order valence-electron chi connectivity index (χ1n) is 6.74. The van der Waals surface area contributed by atoms with Crippen molar-refractivity contribution in [1.29, 1.82) is 0 Å². The van der Waals surface area contributed by atoms with Crippen molar-refractivity contribution < 1.29 is 20.1 Å². The molecule has 0 fully saturated rings. The predicted molar refractivity (Wildman–Crippen MR) is 88.4 cm³/mol. The zero-order valence-electron chi connectivity index (χ0n) is 12.9. The average Bonchev–Trinajstić information content (AvgIpc) is 2.49. The van der Waals surface area contributed by atoms with Gasteiger partial charge in [0.25, 0.3) is 0 Å². The lowest BCUT2D eigenvalue weighted by Gasteiger charge is -2.09. The number of carbonyl (C=O) groups is 1. The van der Waals surface area contributed by atoms with Crippen LogP contribution < -0.4 is 4.74 Å². The molecule has 4 nitrogen and oxygen atoms in total. The molecule has 0 aliphatic carbocycles. The first-order valence-corrected chi connectivity index (χ1v) is 6.74. The van der Waals surface area contributed by atoms with Crippen LogP contribution in [0.5, 0.6) is 11.5 Å². The van der Waals surface area contributed by atoms with Gasteiger partial charge in [-0.2, -0.15) is 0 Å². The molecule has 0 spiro atoms. The molecule has 4 heteroatoms. The minimum atomic E-state index is -0.935. The predicted octanol–water partition coefficient (Wildman–Crippen LogP) is 3.86. The molecular weight excluding hydrogens is 280 g/mol. The molecule has 22 heavy (non-hydrogen) atoms. The second kappa shape index (κ2) is 10.2. The van der Waals surface area contributed by atoms with E-state index in [-0.39, 0.29) is 11.0 Å². The summed E-state index contributed by atoms with van der Waals surface area (Å²) in [5.74, 6) is 0.902. The van der Waals surface area contributed by atoms with Gasteiger partial charge in [-0.25, -0.2) is 4.79 Å².